The van der Waals surface area contributed by atoms with Crippen molar-refractivity contribution < 1.29 is 4.79 Å². The Labute approximate surface area is 94.4 Å². The Balaban J connectivity index is 2.73. The van der Waals surface area contributed by atoms with Crippen molar-refractivity contribution >= 4 is 11.6 Å². The minimum atomic E-state index is -0.518. The average Bonchev–Trinajstić information content (AvgIpc) is 2.30. The van der Waals surface area contributed by atoms with Gasteiger partial charge in [0.15, 0.2) is 0 Å². The second-order valence-corrected chi connectivity index (χ2v) is 3.34. The van der Waals surface area contributed by atoms with Gasteiger partial charge in [0.05, 0.1) is 5.71 Å². The van der Waals surface area contributed by atoms with E-state index in [2.05, 4.69) is 10.1 Å². The predicted molar refractivity (Wildman–Crippen MR) is 61.6 cm³/mol. The zero-order chi connectivity index (χ0) is 12.0. The van der Waals surface area contributed by atoms with Crippen molar-refractivity contribution in [2.45, 2.75) is 26.7 Å². The maximum absolute atomic E-state index is 11.3. The van der Waals surface area contributed by atoms with Crippen LogP contribution in [0.5, 0.6) is 0 Å². The molecule has 1 rings (SSSR count). The first-order valence-electron chi connectivity index (χ1n) is 5.10. The van der Waals surface area contributed by atoms with E-state index < -0.39 is 5.91 Å². The van der Waals surface area contributed by atoms with Crippen molar-refractivity contribution in [2.24, 2.45) is 5.10 Å². The van der Waals surface area contributed by atoms with Gasteiger partial charge in [0.2, 0.25) is 5.91 Å². The van der Waals surface area contributed by atoms with Gasteiger partial charge in [0, 0.05) is 24.4 Å². The molecule has 5 heteroatoms. The topological polar surface area (TPSA) is 68.6 Å². The smallest absolute Gasteiger partial charge is 0.232 e. The van der Waals surface area contributed by atoms with E-state index in [1.54, 1.807) is 31.5 Å². The Morgan fingerprint density at radius 1 is 1.50 bits per heavy atom. The molecule has 5 nitrogen and oxygen atoms in total. The molecule has 0 fully saturated rings. The number of hydrogen-bond acceptors (Lipinski definition) is 4. The van der Waals surface area contributed by atoms with Gasteiger partial charge >= 0.3 is 0 Å². The molecule has 0 aliphatic carbocycles. The lowest BCUT2D eigenvalue weighted by molar-refractivity contribution is -0.128. The van der Waals surface area contributed by atoms with Crippen LogP contribution < -0.4 is 0 Å². The van der Waals surface area contributed by atoms with Crippen LogP contribution >= 0.6 is 0 Å². The fraction of sp³-hybridized carbons (Fsp3) is 0.364. The van der Waals surface area contributed by atoms with Gasteiger partial charge in [0.1, 0.15) is 0 Å². The van der Waals surface area contributed by atoms with Gasteiger partial charge in [0.25, 0.3) is 0 Å². The minimum Gasteiger partial charge on any atom is -0.735 e. The Morgan fingerprint density at radius 3 is 2.69 bits per heavy atom. The van der Waals surface area contributed by atoms with Gasteiger partial charge < -0.3 is 10.4 Å². The molecule has 0 aliphatic heterocycles. The van der Waals surface area contributed by atoms with Crippen molar-refractivity contribution in [2.75, 3.05) is 0 Å². The van der Waals surface area contributed by atoms with E-state index in [4.69, 9.17) is 0 Å². The van der Waals surface area contributed by atoms with Crippen LogP contribution in [0.25, 0.3) is 0 Å². The third-order valence-electron chi connectivity index (χ3n) is 2.02. The maximum Gasteiger partial charge on any atom is 0.232 e. The molecule has 1 amide bonds. The summed E-state index contributed by atoms with van der Waals surface area (Å²) in [6.07, 6.45) is 4.08. The molecule has 1 aromatic heterocycles. The van der Waals surface area contributed by atoms with Crippen molar-refractivity contribution in [3.63, 3.8) is 0 Å². The first kappa shape index (κ1) is 12.3. The third kappa shape index (κ3) is 3.43. The summed E-state index contributed by atoms with van der Waals surface area (Å²) < 4.78 is 0. The predicted octanol–water partition coefficient (Wildman–Crippen LogP) is 1.93. The second-order valence-electron chi connectivity index (χ2n) is 3.34. The molecule has 0 saturated heterocycles. The SMILES string of the molecule is CCCC(=O)N([O-])N=C(C)c1ccncc1. The first-order chi connectivity index (χ1) is 7.65. The number of carbonyl (C=O) groups is 1. The summed E-state index contributed by atoms with van der Waals surface area (Å²) in [5, 5.41) is 15.1. The van der Waals surface area contributed by atoms with Crippen LogP contribution in [-0.2, 0) is 4.79 Å². The molecule has 0 aliphatic rings. The lowest BCUT2D eigenvalue weighted by atomic mass is 10.2. The van der Waals surface area contributed by atoms with E-state index in [0.717, 1.165) is 5.56 Å². The van der Waals surface area contributed by atoms with Crippen LogP contribution in [0.15, 0.2) is 29.6 Å². The number of hydroxylamine groups is 1. The third-order valence-corrected chi connectivity index (χ3v) is 2.02. The molecule has 0 radical (unpaired) electrons. The number of aromatic nitrogens is 1. The molecule has 0 spiro atoms. The van der Waals surface area contributed by atoms with E-state index in [1.807, 2.05) is 6.92 Å². The summed E-state index contributed by atoms with van der Waals surface area (Å²) in [5.74, 6) is -0.518. The molecular formula is C11H14N3O2-. The van der Waals surface area contributed by atoms with Gasteiger partial charge in [-0.05, 0) is 25.5 Å². The number of hydrogen-bond donors (Lipinski definition) is 0. The largest absolute Gasteiger partial charge is 0.735 e. The fourth-order valence-electron chi connectivity index (χ4n) is 1.15. The molecule has 1 aromatic rings. The molecule has 1 heterocycles. The highest BCUT2D eigenvalue weighted by atomic mass is 16.5. The van der Waals surface area contributed by atoms with E-state index >= 15 is 0 Å². The normalized spacial score (nSPS) is 11.3. The van der Waals surface area contributed by atoms with Crippen LogP contribution in [0.2, 0.25) is 0 Å². The molecule has 0 atom stereocenters. The first-order valence-corrected chi connectivity index (χ1v) is 5.10. The van der Waals surface area contributed by atoms with Gasteiger partial charge in [-0.15, -0.1) is 0 Å². The van der Waals surface area contributed by atoms with Crippen LogP contribution in [0.1, 0.15) is 32.3 Å². The Morgan fingerprint density at radius 2 is 2.12 bits per heavy atom. The number of amides is 1. The van der Waals surface area contributed by atoms with Gasteiger partial charge in [-0.2, -0.15) is 5.10 Å². The monoisotopic (exact) mass is 220 g/mol. The number of carbonyl (C=O) groups excluding carboxylic acids is 1. The van der Waals surface area contributed by atoms with Crippen molar-refractivity contribution in [1.82, 2.24) is 10.2 Å². The van der Waals surface area contributed by atoms with Crippen LogP contribution in [-0.4, -0.2) is 21.8 Å². The molecule has 0 unspecified atom stereocenters. The summed E-state index contributed by atoms with van der Waals surface area (Å²) in [5.41, 5.74) is 1.28. The average molecular weight is 220 g/mol. The van der Waals surface area contributed by atoms with E-state index in [9.17, 15) is 10.0 Å². The Bertz CT molecular complexity index is 376. The quantitative estimate of drug-likeness (QED) is 0.575. The molecule has 0 bridgehead atoms. The van der Waals surface area contributed by atoms with Gasteiger partial charge in [-0.25, -0.2) is 0 Å². The molecule has 0 saturated carbocycles. The number of nitrogens with zero attached hydrogens (tertiary/aromatic N) is 3. The van der Waals surface area contributed by atoms with Crippen LogP contribution in [0.3, 0.4) is 0 Å². The van der Waals surface area contributed by atoms with Crippen molar-refractivity contribution in [3.05, 3.63) is 35.3 Å². The van der Waals surface area contributed by atoms with Crippen LogP contribution in [0.4, 0.5) is 0 Å². The fourth-order valence-corrected chi connectivity index (χ4v) is 1.15. The minimum absolute atomic E-state index is 0.152. The highest BCUT2D eigenvalue weighted by Crippen LogP contribution is 2.02. The summed E-state index contributed by atoms with van der Waals surface area (Å²) in [6, 6.07) is 3.47. The van der Waals surface area contributed by atoms with Crippen molar-refractivity contribution in [1.29, 1.82) is 0 Å². The van der Waals surface area contributed by atoms with E-state index in [-0.39, 0.29) is 11.6 Å². The standard InChI is InChI=1S/C11H14N3O2/c1-3-4-11(15)14(16)13-9(2)10-5-7-12-8-6-10/h5-8H,3-4H2,1-2H3/q-1. The Hall–Kier alpha value is -1.75. The lowest BCUT2D eigenvalue weighted by Gasteiger charge is -2.22. The van der Waals surface area contributed by atoms with Crippen molar-refractivity contribution in [3.8, 4) is 0 Å². The lowest BCUT2D eigenvalue weighted by Crippen LogP contribution is -2.20. The zero-order valence-corrected chi connectivity index (χ0v) is 9.38. The van der Waals surface area contributed by atoms with Gasteiger partial charge in [-0.1, -0.05) is 6.92 Å². The summed E-state index contributed by atoms with van der Waals surface area (Å²) in [4.78, 5) is 15.1. The number of rotatable bonds is 4. The second kappa shape index (κ2) is 5.97. The molecular weight excluding hydrogens is 206 g/mol. The van der Waals surface area contributed by atoms with E-state index in [0.29, 0.717) is 12.1 Å². The maximum atomic E-state index is 11.3. The van der Waals surface area contributed by atoms with Crippen LogP contribution in [0, 0.1) is 5.21 Å². The molecule has 0 N–H and O–H groups in total. The molecule has 86 valence electrons. The van der Waals surface area contributed by atoms with Gasteiger partial charge in [-0.3, -0.25) is 9.78 Å². The summed E-state index contributed by atoms with van der Waals surface area (Å²) in [6.45, 7) is 3.52. The highest BCUT2D eigenvalue weighted by molar-refractivity contribution is 5.99. The summed E-state index contributed by atoms with van der Waals surface area (Å²) >= 11 is 0. The van der Waals surface area contributed by atoms with E-state index in [1.165, 1.54) is 0 Å². The number of pyridine rings is 1. The highest BCUT2D eigenvalue weighted by Gasteiger charge is 2.02. The molecule has 16 heavy (non-hydrogen) atoms. The molecule has 0 aromatic carbocycles. The number of hydrazone groups is 1. The summed E-state index contributed by atoms with van der Waals surface area (Å²) in [7, 11) is 0. The Kier molecular flexibility index (Phi) is 4.60. The zero-order valence-electron chi connectivity index (χ0n) is 9.38.